The zero-order valence-electron chi connectivity index (χ0n) is 13.8. The van der Waals surface area contributed by atoms with Crippen LogP contribution in [0.2, 0.25) is 0 Å². The number of nitrogens with zero attached hydrogens (tertiary/aromatic N) is 2. The minimum absolute atomic E-state index is 0.498. The number of rotatable bonds is 9. The second kappa shape index (κ2) is 9.09. The Morgan fingerprint density at radius 1 is 1.15 bits per heavy atom. The van der Waals surface area contributed by atoms with Gasteiger partial charge in [-0.2, -0.15) is 0 Å². The molecule has 0 aliphatic carbocycles. The topological polar surface area (TPSA) is 28.2 Å². The standard InChI is InChI=1S/C17H31N3/c1-6-15(5)12-20(7-2)13-17-10-8-9-16(19-17)11-18-14(3)4/h8-10,14-15,18H,6-7,11-13H2,1-5H3. The van der Waals surface area contributed by atoms with E-state index in [1.54, 1.807) is 0 Å². The van der Waals surface area contributed by atoms with Gasteiger partial charge in [0.1, 0.15) is 0 Å². The van der Waals surface area contributed by atoms with Gasteiger partial charge in [-0.1, -0.05) is 47.1 Å². The van der Waals surface area contributed by atoms with Crippen molar-refractivity contribution in [3.8, 4) is 0 Å². The molecule has 0 spiro atoms. The van der Waals surface area contributed by atoms with Crippen LogP contribution in [0, 0.1) is 5.92 Å². The largest absolute Gasteiger partial charge is 0.309 e. The van der Waals surface area contributed by atoms with E-state index < -0.39 is 0 Å². The molecule has 0 aliphatic heterocycles. The fraction of sp³-hybridized carbons (Fsp3) is 0.706. The van der Waals surface area contributed by atoms with Crippen molar-refractivity contribution in [2.45, 2.75) is 60.2 Å². The fourth-order valence-electron chi connectivity index (χ4n) is 2.13. The molecule has 1 aromatic heterocycles. The molecule has 114 valence electrons. The van der Waals surface area contributed by atoms with Crippen molar-refractivity contribution in [2.24, 2.45) is 5.92 Å². The van der Waals surface area contributed by atoms with Crippen LogP contribution in [0.1, 0.15) is 52.4 Å². The zero-order valence-corrected chi connectivity index (χ0v) is 13.8. The van der Waals surface area contributed by atoms with Crippen LogP contribution < -0.4 is 5.32 Å². The molecule has 0 saturated heterocycles. The maximum absolute atomic E-state index is 4.76. The smallest absolute Gasteiger partial charge is 0.0547 e. The van der Waals surface area contributed by atoms with E-state index in [4.69, 9.17) is 4.98 Å². The van der Waals surface area contributed by atoms with Crippen LogP contribution in [0.15, 0.2) is 18.2 Å². The van der Waals surface area contributed by atoms with Crippen molar-refractivity contribution in [1.82, 2.24) is 15.2 Å². The van der Waals surface area contributed by atoms with Gasteiger partial charge in [-0.15, -0.1) is 0 Å². The SMILES string of the molecule is CCC(C)CN(CC)Cc1cccc(CNC(C)C)n1. The lowest BCUT2D eigenvalue weighted by Gasteiger charge is -2.23. The van der Waals surface area contributed by atoms with E-state index >= 15 is 0 Å². The number of hydrogen-bond acceptors (Lipinski definition) is 3. The molecule has 1 unspecified atom stereocenters. The lowest BCUT2D eigenvalue weighted by molar-refractivity contribution is 0.235. The Labute approximate surface area is 124 Å². The van der Waals surface area contributed by atoms with Gasteiger partial charge in [-0.3, -0.25) is 9.88 Å². The van der Waals surface area contributed by atoms with Gasteiger partial charge in [-0.05, 0) is 24.6 Å². The number of nitrogens with one attached hydrogen (secondary N) is 1. The van der Waals surface area contributed by atoms with E-state index in [0.717, 1.165) is 37.8 Å². The first-order chi connectivity index (χ1) is 9.55. The first-order valence-corrected chi connectivity index (χ1v) is 7.95. The van der Waals surface area contributed by atoms with Gasteiger partial charge in [0.2, 0.25) is 0 Å². The van der Waals surface area contributed by atoms with Crippen LogP contribution in [0.3, 0.4) is 0 Å². The van der Waals surface area contributed by atoms with Gasteiger partial charge in [0.05, 0.1) is 11.4 Å². The van der Waals surface area contributed by atoms with E-state index in [-0.39, 0.29) is 0 Å². The van der Waals surface area contributed by atoms with Gasteiger partial charge < -0.3 is 5.32 Å². The molecule has 3 nitrogen and oxygen atoms in total. The van der Waals surface area contributed by atoms with Gasteiger partial charge in [0.25, 0.3) is 0 Å². The summed E-state index contributed by atoms with van der Waals surface area (Å²) in [5.74, 6) is 0.751. The Hall–Kier alpha value is -0.930. The van der Waals surface area contributed by atoms with Crippen LogP contribution in [-0.2, 0) is 13.1 Å². The highest BCUT2D eigenvalue weighted by Crippen LogP contribution is 2.09. The molecule has 0 aromatic carbocycles. The summed E-state index contributed by atoms with van der Waals surface area (Å²) in [6.45, 7) is 15.2. The molecule has 1 heterocycles. The fourth-order valence-corrected chi connectivity index (χ4v) is 2.13. The van der Waals surface area contributed by atoms with Crippen molar-refractivity contribution < 1.29 is 0 Å². The summed E-state index contributed by atoms with van der Waals surface area (Å²) in [7, 11) is 0. The van der Waals surface area contributed by atoms with E-state index in [0.29, 0.717) is 6.04 Å². The summed E-state index contributed by atoms with van der Waals surface area (Å²) in [6, 6.07) is 6.86. The Bertz CT molecular complexity index is 376. The minimum Gasteiger partial charge on any atom is -0.309 e. The molecule has 3 heteroatoms. The molecule has 20 heavy (non-hydrogen) atoms. The van der Waals surface area contributed by atoms with Crippen molar-refractivity contribution in [3.63, 3.8) is 0 Å². The predicted molar refractivity (Wildman–Crippen MR) is 86.6 cm³/mol. The highest BCUT2D eigenvalue weighted by atomic mass is 15.1. The van der Waals surface area contributed by atoms with Gasteiger partial charge in [-0.25, -0.2) is 0 Å². The molecule has 1 rings (SSSR count). The number of hydrogen-bond donors (Lipinski definition) is 1. The lowest BCUT2D eigenvalue weighted by atomic mass is 10.1. The summed E-state index contributed by atoms with van der Waals surface area (Å²) < 4.78 is 0. The van der Waals surface area contributed by atoms with Crippen LogP contribution in [0.4, 0.5) is 0 Å². The molecule has 0 radical (unpaired) electrons. The quantitative estimate of drug-likeness (QED) is 0.749. The van der Waals surface area contributed by atoms with Crippen LogP contribution in [0.5, 0.6) is 0 Å². The van der Waals surface area contributed by atoms with E-state index in [9.17, 15) is 0 Å². The molecule has 1 N–H and O–H groups in total. The molecule has 0 saturated carbocycles. The third kappa shape index (κ3) is 6.49. The molecule has 0 amide bonds. The summed E-state index contributed by atoms with van der Waals surface area (Å²) in [5, 5.41) is 3.42. The summed E-state index contributed by atoms with van der Waals surface area (Å²) in [5.41, 5.74) is 2.31. The zero-order chi connectivity index (χ0) is 15.0. The summed E-state index contributed by atoms with van der Waals surface area (Å²) >= 11 is 0. The Kier molecular flexibility index (Phi) is 7.78. The van der Waals surface area contributed by atoms with Crippen molar-refractivity contribution in [3.05, 3.63) is 29.6 Å². The Morgan fingerprint density at radius 2 is 1.85 bits per heavy atom. The van der Waals surface area contributed by atoms with Crippen LogP contribution in [0.25, 0.3) is 0 Å². The normalized spacial score (nSPS) is 13.2. The predicted octanol–water partition coefficient (Wildman–Crippen LogP) is 3.45. The van der Waals surface area contributed by atoms with Gasteiger partial charge in [0.15, 0.2) is 0 Å². The molecule has 0 aliphatic rings. The Morgan fingerprint density at radius 3 is 2.45 bits per heavy atom. The molecular weight excluding hydrogens is 246 g/mol. The minimum atomic E-state index is 0.498. The number of aromatic nitrogens is 1. The maximum atomic E-state index is 4.76. The van der Waals surface area contributed by atoms with Gasteiger partial charge in [0, 0.05) is 25.7 Å². The van der Waals surface area contributed by atoms with Crippen molar-refractivity contribution >= 4 is 0 Å². The third-order valence-corrected chi connectivity index (χ3v) is 3.66. The summed E-state index contributed by atoms with van der Waals surface area (Å²) in [4.78, 5) is 7.24. The Balaban J connectivity index is 2.59. The lowest BCUT2D eigenvalue weighted by Crippen LogP contribution is -2.28. The maximum Gasteiger partial charge on any atom is 0.0547 e. The highest BCUT2D eigenvalue weighted by Gasteiger charge is 2.09. The number of pyridine rings is 1. The summed E-state index contributed by atoms with van der Waals surface area (Å²) in [6.07, 6.45) is 1.24. The monoisotopic (exact) mass is 277 g/mol. The van der Waals surface area contributed by atoms with Crippen molar-refractivity contribution in [1.29, 1.82) is 0 Å². The van der Waals surface area contributed by atoms with E-state index in [1.165, 1.54) is 12.1 Å². The second-order valence-electron chi connectivity index (χ2n) is 6.00. The highest BCUT2D eigenvalue weighted by molar-refractivity contribution is 5.11. The molecule has 0 bridgehead atoms. The molecule has 1 aromatic rings. The average molecular weight is 277 g/mol. The van der Waals surface area contributed by atoms with Crippen molar-refractivity contribution in [2.75, 3.05) is 13.1 Å². The van der Waals surface area contributed by atoms with Gasteiger partial charge >= 0.3 is 0 Å². The van der Waals surface area contributed by atoms with Crippen LogP contribution >= 0.6 is 0 Å². The second-order valence-corrected chi connectivity index (χ2v) is 6.00. The first-order valence-electron chi connectivity index (χ1n) is 7.95. The third-order valence-electron chi connectivity index (χ3n) is 3.66. The average Bonchev–Trinajstić information content (AvgIpc) is 2.44. The molecular formula is C17H31N3. The van der Waals surface area contributed by atoms with E-state index in [2.05, 4.69) is 63.0 Å². The molecule has 1 atom stereocenters. The molecule has 0 fully saturated rings. The first kappa shape index (κ1) is 17.1. The van der Waals surface area contributed by atoms with Crippen LogP contribution in [-0.4, -0.2) is 29.0 Å². The van der Waals surface area contributed by atoms with E-state index in [1.807, 2.05) is 0 Å².